The molecule has 25 heavy (non-hydrogen) atoms. The number of nitro benzene ring substituents is 1. The zero-order chi connectivity index (χ0) is 18.6. The minimum absolute atomic E-state index is 0.00752. The Morgan fingerprint density at radius 3 is 2.60 bits per heavy atom. The summed E-state index contributed by atoms with van der Waals surface area (Å²) in [6.07, 6.45) is 4.71. The summed E-state index contributed by atoms with van der Waals surface area (Å²) in [5.41, 5.74) is 0.184. The Labute approximate surface area is 147 Å². The van der Waals surface area contributed by atoms with Crippen molar-refractivity contribution in [2.24, 2.45) is 0 Å². The summed E-state index contributed by atoms with van der Waals surface area (Å²) in [5, 5.41) is 13.8. The molecule has 0 aromatic heterocycles. The van der Waals surface area contributed by atoms with E-state index in [0.29, 0.717) is 17.5 Å². The highest BCUT2D eigenvalue weighted by Gasteiger charge is 2.47. The summed E-state index contributed by atoms with van der Waals surface area (Å²) in [6.45, 7) is 5.55. The van der Waals surface area contributed by atoms with Crippen molar-refractivity contribution in [3.05, 3.63) is 39.4 Å². The average Bonchev–Trinajstić information content (AvgIpc) is 2.76. The van der Waals surface area contributed by atoms with E-state index in [0.717, 1.165) is 30.6 Å². The molecule has 0 bridgehead atoms. The molecule has 0 radical (unpaired) electrons. The van der Waals surface area contributed by atoms with Gasteiger partial charge < -0.3 is 5.32 Å². The minimum Gasteiger partial charge on any atom is -0.323 e. The third kappa shape index (κ3) is 3.97. The molecule has 1 aliphatic heterocycles. The molecular formula is C18H25N3O4. The number of nitrogens with zero attached hydrogens (tertiary/aromatic N) is 2. The number of hydrogen-bond acceptors (Lipinski definition) is 4. The Morgan fingerprint density at radius 1 is 1.24 bits per heavy atom. The molecule has 2 rings (SSSR count). The highest BCUT2D eigenvalue weighted by molar-refractivity contribution is 6.06. The molecule has 1 aromatic carbocycles. The summed E-state index contributed by atoms with van der Waals surface area (Å²) in [7, 11) is 0. The molecule has 1 fully saturated rings. The van der Waals surface area contributed by atoms with E-state index in [-0.39, 0.29) is 18.1 Å². The predicted molar refractivity (Wildman–Crippen MR) is 94.1 cm³/mol. The van der Waals surface area contributed by atoms with E-state index in [9.17, 15) is 19.7 Å². The number of urea groups is 1. The molecule has 3 amide bonds. The second-order valence-corrected chi connectivity index (χ2v) is 6.78. The maximum absolute atomic E-state index is 12.7. The number of imide groups is 1. The molecule has 7 nitrogen and oxygen atoms in total. The number of hydrogen-bond donors (Lipinski definition) is 1. The monoisotopic (exact) mass is 347 g/mol. The predicted octanol–water partition coefficient (Wildman–Crippen LogP) is 3.68. The second-order valence-electron chi connectivity index (χ2n) is 6.78. The van der Waals surface area contributed by atoms with Crippen molar-refractivity contribution < 1.29 is 14.5 Å². The van der Waals surface area contributed by atoms with E-state index < -0.39 is 16.5 Å². The van der Waals surface area contributed by atoms with Gasteiger partial charge in [-0.1, -0.05) is 44.7 Å². The Bertz CT molecular complexity index is 689. The molecule has 7 heteroatoms. The molecule has 1 unspecified atom stereocenters. The minimum atomic E-state index is -0.889. The molecule has 136 valence electrons. The fourth-order valence-corrected chi connectivity index (χ4v) is 3.17. The number of nitro groups is 1. The lowest BCUT2D eigenvalue weighted by Crippen LogP contribution is -2.43. The Balaban J connectivity index is 2.13. The van der Waals surface area contributed by atoms with Crippen LogP contribution in [-0.2, 0) is 11.3 Å². The fourth-order valence-electron chi connectivity index (χ4n) is 3.17. The fraction of sp³-hybridized carbons (Fsp3) is 0.556. The molecule has 0 saturated carbocycles. The lowest BCUT2D eigenvalue weighted by atomic mass is 9.94. The SMILES string of the molecule is CCCCCCC1(C)NC(=O)N(Cc2cccc([N+](=O)[O-])c2C)C1=O. The molecular weight excluding hydrogens is 322 g/mol. The van der Waals surface area contributed by atoms with Crippen molar-refractivity contribution in [1.82, 2.24) is 10.2 Å². The second kappa shape index (κ2) is 7.63. The van der Waals surface area contributed by atoms with Crippen LogP contribution in [0.3, 0.4) is 0 Å². The van der Waals surface area contributed by atoms with Crippen LogP contribution in [0.4, 0.5) is 10.5 Å². The first-order valence-electron chi connectivity index (χ1n) is 8.67. The van der Waals surface area contributed by atoms with Crippen LogP contribution in [0, 0.1) is 17.0 Å². The third-order valence-corrected chi connectivity index (χ3v) is 4.82. The van der Waals surface area contributed by atoms with Crippen LogP contribution in [0.2, 0.25) is 0 Å². The van der Waals surface area contributed by atoms with Crippen molar-refractivity contribution in [3.63, 3.8) is 0 Å². The number of amides is 3. The van der Waals surface area contributed by atoms with Gasteiger partial charge in [0.25, 0.3) is 11.6 Å². The highest BCUT2D eigenvalue weighted by Crippen LogP contribution is 2.28. The Morgan fingerprint density at radius 2 is 1.96 bits per heavy atom. The normalized spacial score (nSPS) is 20.0. The molecule has 1 aromatic rings. The lowest BCUT2D eigenvalue weighted by molar-refractivity contribution is -0.385. The van der Waals surface area contributed by atoms with Crippen molar-refractivity contribution in [1.29, 1.82) is 0 Å². The summed E-state index contributed by atoms with van der Waals surface area (Å²) in [5.74, 6) is -0.264. The van der Waals surface area contributed by atoms with Gasteiger partial charge in [0, 0.05) is 11.6 Å². The van der Waals surface area contributed by atoms with Gasteiger partial charge in [-0.3, -0.25) is 19.8 Å². The molecule has 1 N–H and O–H groups in total. The Kier molecular flexibility index (Phi) is 5.77. The van der Waals surface area contributed by atoms with E-state index in [1.165, 1.54) is 6.07 Å². The quantitative estimate of drug-likeness (QED) is 0.336. The van der Waals surface area contributed by atoms with Crippen LogP contribution in [0.15, 0.2) is 18.2 Å². The van der Waals surface area contributed by atoms with Crippen molar-refractivity contribution in [2.45, 2.75) is 65.0 Å². The number of unbranched alkanes of at least 4 members (excludes halogenated alkanes) is 3. The third-order valence-electron chi connectivity index (χ3n) is 4.82. The summed E-state index contributed by atoms with van der Waals surface area (Å²) < 4.78 is 0. The highest BCUT2D eigenvalue weighted by atomic mass is 16.6. The van der Waals surface area contributed by atoms with Crippen LogP contribution < -0.4 is 5.32 Å². The van der Waals surface area contributed by atoms with E-state index >= 15 is 0 Å². The number of carbonyl (C=O) groups is 2. The number of rotatable bonds is 8. The van der Waals surface area contributed by atoms with Gasteiger partial charge in [0.15, 0.2) is 0 Å². The first-order valence-corrected chi connectivity index (χ1v) is 8.67. The number of carbonyl (C=O) groups excluding carboxylic acids is 2. The maximum Gasteiger partial charge on any atom is 0.325 e. The standard InChI is InChI=1S/C18H25N3O4/c1-4-5-6-7-11-18(3)16(22)20(17(23)19-18)12-14-9-8-10-15(13(14)2)21(24)25/h8-10H,4-7,11-12H2,1-3H3,(H,19,23). The summed E-state index contributed by atoms with van der Waals surface area (Å²) in [6, 6.07) is 4.26. The topological polar surface area (TPSA) is 92.6 Å². The maximum atomic E-state index is 12.7. The van der Waals surface area contributed by atoms with E-state index in [1.807, 2.05) is 0 Å². The van der Waals surface area contributed by atoms with Gasteiger partial charge >= 0.3 is 6.03 Å². The zero-order valence-electron chi connectivity index (χ0n) is 15.0. The van der Waals surface area contributed by atoms with Gasteiger partial charge in [-0.05, 0) is 25.8 Å². The summed E-state index contributed by atoms with van der Waals surface area (Å²) >= 11 is 0. The van der Waals surface area contributed by atoms with Gasteiger partial charge in [-0.25, -0.2) is 4.79 Å². The number of benzene rings is 1. The van der Waals surface area contributed by atoms with Gasteiger partial charge in [-0.2, -0.15) is 0 Å². The molecule has 0 aliphatic carbocycles. The molecule has 1 heterocycles. The van der Waals surface area contributed by atoms with Gasteiger partial charge in [0.1, 0.15) is 5.54 Å². The van der Waals surface area contributed by atoms with Crippen molar-refractivity contribution >= 4 is 17.6 Å². The summed E-state index contributed by atoms with van der Waals surface area (Å²) in [4.78, 5) is 36.8. The Hall–Kier alpha value is -2.44. The van der Waals surface area contributed by atoms with Crippen LogP contribution in [0.25, 0.3) is 0 Å². The van der Waals surface area contributed by atoms with Gasteiger partial charge in [0.05, 0.1) is 11.5 Å². The van der Waals surface area contributed by atoms with E-state index in [4.69, 9.17) is 0 Å². The molecule has 1 saturated heterocycles. The zero-order valence-corrected chi connectivity index (χ0v) is 15.0. The first kappa shape index (κ1) is 18.9. The largest absolute Gasteiger partial charge is 0.325 e. The van der Waals surface area contributed by atoms with E-state index in [1.54, 1.807) is 26.0 Å². The smallest absolute Gasteiger partial charge is 0.323 e. The van der Waals surface area contributed by atoms with Crippen molar-refractivity contribution in [3.8, 4) is 0 Å². The average molecular weight is 347 g/mol. The van der Waals surface area contributed by atoms with Crippen LogP contribution in [-0.4, -0.2) is 27.3 Å². The van der Waals surface area contributed by atoms with Gasteiger partial charge in [-0.15, -0.1) is 0 Å². The molecule has 0 spiro atoms. The van der Waals surface area contributed by atoms with Gasteiger partial charge in [0.2, 0.25) is 0 Å². The van der Waals surface area contributed by atoms with Crippen LogP contribution in [0.1, 0.15) is 57.1 Å². The number of nitrogens with one attached hydrogen (secondary N) is 1. The van der Waals surface area contributed by atoms with Crippen molar-refractivity contribution in [2.75, 3.05) is 0 Å². The van der Waals surface area contributed by atoms with Crippen LogP contribution in [0.5, 0.6) is 0 Å². The molecule has 1 aliphatic rings. The first-order chi connectivity index (χ1) is 11.8. The molecule has 1 atom stereocenters. The van der Waals surface area contributed by atoms with E-state index in [2.05, 4.69) is 12.2 Å². The lowest BCUT2D eigenvalue weighted by Gasteiger charge is -2.21. The van der Waals surface area contributed by atoms with Crippen LogP contribution >= 0.6 is 0 Å².